The first-order chi connectivity index (χ1) is 7.50. The summed E-state index contributed by atoms with van der Waals surface area (Å²) in [6.07, 6.45) is 0. The summed E-state index contributed by atoms with van der Waals surface area (Å²) in [5, 5.41) is 1.13. The van der Waals surface area contributed by atoms with Crippen molar-refractivity contribution >= 4 is 40.5 Å². The molecular weight excluding hydrogens is 244 g/mol. The highest BCUT2D eigenvalue weighted by Crippen LogP contribution is 2.27. The standard InChI is InChI=1S/C11H11ClN2OS/c1-7-3-4-8(12)5-9(7)14-10(15)6-13(2)11(14)16/h3-5H,6H2,1-2H3. The number of hydrogen-bond acceptors (Lipinski definition) is 2. The van der Waals surface area contributed by atoms with Crippen LogP contribution in [0.3, 0.4) is 0 Å². The second-order valence-electron chi connectivity index (χ2n) is 3.80. The van der Waals surface area contributed by atoms with E-state index >= 15 is 0 Å². The van der Waals surface area contributed by atoms with Gasteiger partial charge in [-0.25, -0.2) is 0 Å². The second-order valence-corrected chi connectivity index (χ2v) is 4.60. The third-order valence-corrected chi connectivity index (χ3v) is 3.28. The summed E-state index contributed by atoms with van der Waals surface area (Å²) in [6, 6.07) is 5.44. The van der Waals surface area contributed by atoms with Crippen LogP contribution in [0.4, 0.5) is 5.69 Å². The van der Waals surface area contributed by atoms with Gasteiger partial charge < -0.3 is 4.90 Å². The van der Waals surface area contributed by atoms with Crippen molar-refractivity contribution in [3.8, 4) is 0 Å². The van der Waals surface area contributed by atoms with Crippen molar-refractivity contribution in [1.29, 1.82) is 0 Å². The molecular formula is C11H11ClN2OS. The fourth-order valence-electron chi connectivity index (χ4n) is 1.68. The van der Waals surface area contributed by atoms with Crippen LogP contribution in [0.1, 0.15) is 5.56 Å². The summed E-state index contributed by atoms with van der Waals surface area (Å²) in [7, 11) is 1.81. The van der Waals surface area contributed by atoms with Crippen LogP contribution in [0.5, 0.6) is 0 Å². The van der Waals surface area contributed by atoms with E-state index in [0.717, 1.165) is 11.3 Å². The van der Waals surface area contributed by atoms with Gasteiger partial charge in [0.25, 0.3) is 5.91 Å². The van der Waals surface area contributed by atoms with Crippen LogP contribution in [-0.2, 0) is 4.79 Å². The molecule has 0 bridgehead atoms. The lowest BCUT2D eigenvalue weighted by molar-refractivity contribution is -0.116. The van der Waals surface area contributed by atoms with Crippen LogP contribution in [0.15, 0.2) is 18.2 Å². The Labute approximate surface area is 105 Å². The summed E-state index contributed by atoms with van der Waals surface area (Å²) >= 11 is 11.1. The van der Waals surface area contributed by atoms with Crippen molar-refractivity contribution in [2.75, 3.05) is 18.5 Å². The molecule has 1 aliphatic rings. The fraction of sp³-hybridized carbons (Fsp3) is 0.273. The Kier molecular flexibility index (Phi) is 2.86. The number of amides is 1. The van der Waals surface area contributed by atoms with Crippen molar-refractivity contribution in [3.05, 3.63) is 28.8 Å². The summed E-state index contributed by atoms with van der Waals surface area (Å²) in [5.74, 6) is -0.0159. The van der Waals surface area contributed by atoms with Gasteiger partial charge in [-0.05, 0) is 36.8 Å². The summed E-state index contributed by atoms with van der Waals surface area (Å²) in [4.78, 5) is 15.1. The van der Waals surface area contributed by atoms with Gasteiger partial charge in [-0.3, -0.25) is 9.69 Å². The van der Waals surface area contributed by atoms with Crippen molar-refractivity contribution < 1.29 is 4.79 Å². The van der Waals surface area contributed by atoms with E-state index in [1.54, 1.807) is 24.1 Å². The molecule has 0 radical (unpaired) electrons. The zero-order valence-corrected chi connectivity index (χ0v) is 10.6. The van der Waals surface area contributed by atoms with Gasteiger partial charge in [0.2, 0.25) is 0 Å². The smallest absolute Gasteiger partial charge is 0.252 e. The predicted octanol–water partition coefficient (Wildman–Crippen LogP) is 2.21. The lowest BCUT2D eigenvalue weighted by atomic mass is 10.2. The maximum atomic E-state index is 11.8. The van der Waals surface area contributed by atoms with E-state index in [1.165, 1.54) is 4.90 Å². The van der Waals surface area contributed by atoms with Crippen molar-refractivity contribution in [2.45, 2.75) is 6.92 Å². The SMILES string of the molecule is Cc1ccc(Cl)cc1N1C(=O)CN(C)C1=S. The molecule has 0 unspecified atom stereocenters. The zero-order chi connectivity index (χ0) is 11.9. The molecule has 1 fully saturated rings. The van der Waals surface area contributed by atoms with Gasteiger partial charge in [0.1, 0.15) is 0 Å². The number of carbonyl (C=O) groups is 1. The summed E-state index contributed by atoms with van der Waals surface area (Å²) < 4.78 is 0. The maximum absolute atomic E-state index is 11.8. The van der Waals surface area contributed by atoms with Gasteiger partial charge in [-0.1, -0.05) is 17.7 Å². The quantitative estimate of drug-likeness (QED) is 0.718. The Morgan fingerprint density at radius 3 is 2.69 bits per heavy atom. The molecule has 1 aliphatic heterocycles. The van der Waals surface area contributed by atoms with E-state index < -0.39 is 0 Å². The molecule has 1 amide bonds. The second kappa shape index (κ2) is 4.03. The van der Waals surface area contributed by atoms with Crippen molar-refractivity contribution in [3.63, 3.8) is 0 Å². The lowest BCUT2D eigenvalue weighted by Gasteiger charge is -2.19. The van der Waals surface area contributed by atoms with Crippen molar-refractivity contribution in [2.24, 2.45) is 0 Å². The summed E-state index contributed by atoms with van der Waals surface area (Å²) in [5.41, 5.74) is 1.75. The molecule has 1 heterocycles. The Hall–Kier alpha value is -1.13. The molecule has 0 aliphatic carbocycles. The highest BCUT2D eigenvalue weighted by molar-refractivity contribution is 7.80. The Morgan fingerprint density at radius 1 is 1.44 bits per heavy atom. The van der Waals surface area contributed by atoms with Crippen LogP contribution in [-0.4, -0.2) is 29.5 Å². The normalized spacial score (nSPS) is 16.2. The third-order valence-electron chi connectivity index (χ3n) is 2.55. The Balaban J connectivity index is 2.48. The number of anilines is 1. The van der Waals surface area contributed by atoms with Gasteiger partial charge in [-0.2, -0.15) is 0 Å². The fourth-order valence-corrected chi connectivity index (χ4v) is 2.11. The topological polar surface area (TPSA) is 23.6 Å². The molecule has 0 N–H and O–H groups in total. The number of hydrogen-bond donors (Lipinski definition) is 0. The average Bonchev–Trinajstić information content (AvgIpc) is 2.46. The molecule has 1 aromatic rings. The van der Waals surface area contributed by atoms with Crippen LogP contribution < -0.4 is 4.90 Å². The first kappa shape index (κ1) is 11.4. The molecule has 1 saturated heterocycles. The predicted molar refractivity (Wildman–Crippen MR) is 68.9 cm³/mol. The average molecular weight is 255 g/mol. The molecule has 1 aromatic carbocycles. The number of thiocarbonyl (C=S) groups is 1. The number of halogens is 1. The number of aryl methyl sites for hydroxylation is 1. The van der Waals surface area contributed by atoms with E-state index in [4.69, 9.17) is 23.8 Å². The number of benzene rings is 1. The largest absolute Gasteiger partial charge is 0.342 e. The number of carbonyl (C=O) groups excluding carboxylic acids is 1. The Morgan fingerprint density at radius 2 is 2.12 bits per heavy atom. The number of rotatable bonds is 1. The first-order valence-corrected chi connectivity index (χ1v) is 5.63. The van der Waals surface area contributed by atoms with Crippen LogP contribution >= 0.6 is 23.8 Å². The third kappa shape index (κ3) is 1.79. The molecule has 0 aromatic heterocycles. The van der Waals surface area contributed by atoms with Gasteiger partial charge in [0, 0.05) is 12.1 Å². The number of likely N-dealkylation sites (N-methyl/N-ethyl adjacent to an activating group) is 1. The molecule has 16 heavy (non-hydrogen) atoms. The van der Waals surface area contributed by atoms with Crippen LogP contribution in [0.2, 0.25) is 5.02 Å². The molecule has 2 rings (SSSR count). The number of nitrogens with zero attached hydrogens (tertiary/aromatic N) is 2. The van der Waals surface area contributed by atoms with E-state index in [9.17, 15) is 4.79 Å². The van der Waals surface area contributed by atoms with E-state index in [2.05, 4.69) is 0 Å². The molecule has 0 saturated carbocycles. The molecule has 0 atom stereocenters. The monoisotopic (exact) mass is 254 g/mol. The molecule has 3 nitrogen and oxygen atoms in total. The van der Waals surface area contributed by atoms with Crippen LogP contribution in [0.25, 0.3) is 0 Å². The highest BCUT2D eigenvalue weighted by atomic mass is 35.5. The molecule has 0 spiro atoms. The molecule has 5 heteroatoms. The maximum Gasteiger partial charge on any atom is 0.252 e. The van der Waals surface area contributed by atoms with E-state index in [0.29, 0.717) is 16.7 Å². The van der Waals surface area contributed by atoms with E-state index in [1.807, 2.05) is 13.0 Å². The minimum Gasteiger partial charge on any atom is -0.342 e. The van der Waals surface area contributed by atoms with Gasteiger partial charge in [0.05, 0.1) is 12.2 Å². The van der Waals surface area contributed by atoms with Gasteiger partial charge in [-0.15, -0.1) is 0 Å². The van der Waals surface area contributed by atoms with Gasteiger partial charge in [0.15, 0.2) is 5.11 Å². The van der Waals surface area contributed by atoms with E-state index in [-0.39, 0.29) is 5.91 Å². The molecule has 84 valence electrons. The minimum absolute atomic E-state index is 0.0159. The highest BCUT2D eigenvalue weighted by Gasteiger charge is 2.32. The zero-order valence-electron chi connectivity index (χ0n) is 9.03. The van der Waals surface area contributed by atoms with Crippen LogP contribution in [0, 0.1) is 6.92 Å². The first-order valence-electron chi connectivity index (χ1n) is 4.85. The Bertz CT molecular complexity index is 475. The summed E-state index contributed by atoms with van der Waals surface area (Å²) in [6.45, 7) is 2.25. The lowest BCUT2D eigenvalue weighted by Crippen LogP contribution is -2.31. The van der Waals surface area contributed by atoms with Gasteiger partial charge >= 0.3 is 0 Å². The van der Waals surface area contributed by atoms with Crippen molar-refractivity contribution in [1.82, 2.24) is 4.90 Å². The minimum atomic E-state index is -0.0159.